The van der Waals surface area contributed by atoms with Gasteiger partial charge in [0.1, 0.15) is 5.01 Å². The van der Waals surface area contributed by atoms with Crippen molar-refractivity contribution in [2.75, 3.05) is 5.73 Å². The number of pyridine rings is 1. The Balaban J connectivity index is 1.99. The Kier molecular flexibility index (Phi) is 3.19. The molecular weight excluding hydrogens is 278 g/mol. The zero-order chi connectivity index (χ0) is 13.2. The normalized spacial score (nSPS) is 10.6. The van der Waals surface area contributed by atoms with Crippen molar-refractivity contribution in [3.8, 4) is 21.8 Å². The maximum absolute atomic E-state index is 5.92. The summed E-state index contributed by atoms with van der Waals surface area (Å²) >= 11 is 7.50. The first kappa shape index (κ1) is 12.1. The highest BCUT2D eigenvalue weighted by molar-refractivity contribution is 7.13. The third-order valence-electron chi connectivity index (χ3n) is 2.70. The molecule has 3 nitrogen and oxygen atoms in total. The van der Waals surface area contributed by atoms with Crippen LogP contribution in [-0.2, 0) is 0 Å². The Morgan fingerprint density at radius 3 is 2.79 bits per heavy atom. The van der Waals surface area contributed by atoms with Crippen molar-refractivity contribution in [2.45, 2.75) is 0 Å². The number of hydrogen-bond donors (Lipinski definition) is 1. The molecule has 2 N–H and O–H groups in total. The Labute approximate surface area is 119 Å². The van der Waals surface area contributed by atoms with E-state index in [1.807, 2.05) is 29.6 Å². The molecule has 0 saturated heterocycles. The highest BCUT2D eigenvalue weighted by Gasteiger charge is 2.07. The molecule has 0 aliphatic rings. The molecule has 0 radical (unpaired) electrons. The summed E-state index contributed by atoms with van der Waals surface area (Å²) in [5, 5.41) is 3.51. The predicted octanol–water partition coefficient (Wildman–Crippen LogP) is 4.11. The number of anilines is 1. The third-order valence-corrected chi connectivity index (χ3v) is 3.94. The molecule has 2 heterocycles. The van der Waals surface area contributed by atoms with E-state index < -0.39 is 0 Å². The number of hydrogen-bond acceptors (Lipinski definition) is 4. The lowest BCUT2D eigenvalue weighted by atomic mass is 10.1. The maximum atomic E-state index is 5.92. The van der Waals surface area contributed by atoms with Crippen molar-refractivity contribution >= 4 is 28.6 Å². The summed E-state index contributed by atoms with van der Waals surface area (Å²) in [6.45, 7) is 0. The number of nitrogens with two attached hydrogens (primary N) is 1. The minimum atomic E-state index is 0.562. The number of rotatable bonds is 2. The van der Waals surface area contributed by atoms with E-state index in [9.17, 15) is 0 Å². The van der Waals surface area contributed by atoms with Gasteiger partial charge in [0.15, 0.2) is 0 Å². The average Bonchev–Trinajstić information content (AvgIpc) is 2.93. The molecule has 0 amide bonds. The molecule has 94 valence electrons. The largest absolute Gasteiger partial charge is 0.398 e. The second-order valence-electron chi connectivity index (χ2n) is 4.02. The zero-order valence-corrected chi connectivity index (χ0v) is 11.4. The first-order chi connectivity index (χ1) is 9.24. The molecule has 0 fully saturated rings. The molecule has 0 bridgehead atoms. The quantitative estimate of drug-likeness (QED) is 0.722. The van der Waals surface area contributed by atoms with Gasteiger partial charge in [-0.3, -0.25) is 4.98 Å². The molecule has 0 atom stereocenters. The molecular formula is C14H10ClN3S. The lowest BCUT2D eigenvalue weighted by Crippen LogP contribution is -1.87. The number of benzene rings is 1. The first-order valence-electron chi connectivity index (χ1n) is 5.65. The van der Waals surface area contributed by atoms with E-state index in [0.717, 1.165) is 21.8 Å². The molecule has 3 aromatic rings. The number of halogens is 1. The van der Waals surface area contributed by atoms with Crippen molar-refractivity contribution in [3.05, 3.63) is 53.1 Å². The molecule has 2 aromatic heterocycles. The van der Waals surface area contributed by atoms with E-state index in [0.29, 0.717) is 10.7 Å². The van der Waals surface area contributed by atoms with Gasteiger partial charge in [0.25, 0.3) is 0 Å². The number of nitrogen functional groups attached to an aromatic ring is 1. The standard InChI is InChI=1S/C14H10ClN3S/c15-11-4-3-9(6-12(11)16)13-8-19-14(18-13)10-2-1-5-17-7-10/h1-8H,16H2. The van der Waals surface area contributed by atoms with Crippen LogP contribution in [0.5, 0.6) is 0 Å². The van der Waals surface area contributed by atoms with Crippen molar-refractivity contribution in [1.82, 2.24) is 9.97 Å². The van der Waals surface area contributed by atoms with Crippen LogP contribution in [-0.4, -0.2) is 9.97 Å². The highest BCUT2D eigenvalue weighted by Crippen LogP contribution is 2.31. The van der Waals surface area contributed by atoms with Crippen molar-refractivity contribution < 1.29 is 0 Å². The van der Waals surface area contributed by atoms with Gasteiger partial charge in [0, 0.05) is 28.9 Å². The van der Waals surface area contributed by atoms with E-state index >= 15 is 0 Å². The van der Waals surface area contributed by atoms with Gasteiger partial charge >= 0.3 is 0 Å². The molecule has 19 heavy (non-hydrogen) atoms. The summed E-state index contributed by atoms with van der Waals surface area (Å²) < 4.78 is 0. The summed E-state index contributed by atoms with van der Waals surface area (Å²) in [5.41, 5.74) is 9.25. The zero-order valence-electron chi connectivity index (χ0n) is 9.88. The molecule has 0 aliphatic carbocycles. The van der Waals surface area contributed by atoms with Crippen LogP contribution in [0.3, 0.4) is 0 Å². The number of thiazole rings is 1. The Morgan fingerprint density at radius 2 is 2.05 bits per heavy atom. The summed E-state index contributed by atoms with van der Waals surface area (Å²) in [6.07, 6.45) is 3.55. The Hall–Kier alpha value is -1.91. The van der Waals surface area contributed by atoms with E-state index in [-0.39, 0.29) is 0 Å². The highest BCUT2D eigenvalue weighted by atomic mass is 35.5. The molecule has 1 aromatic carbocycles. The van der Waals surface area contributed by atoms with Crippen LogP contribution in [0, 0.1) is 0 Å². The van der Waals surface area contributed by atoms with Crippen LogP contribution in [0.1, 0.15) is 0 Å². The van der Waals surface area contributed by atoms with Crippen molar-refractivity contribution in [1.29, 1.82) is 0 Å². The summed E-state index contributed by atoms with van der Waals surface area (Å²) in [6, 6.07) is 9.43. The van der Waals surface area contributed by atoms with Crippen LogP contribution < -0.4 is 5.73 Å². The van der Waals surface area contributed by atoms with E-state index in [1.54, 1.807) is 29.8 Å². The van der Waals surface area contributed by atoms with Crippen LogP contribution in [0.4, 0.5) is 5.69 Å². The van der Waals surface area contributed by atoms with Crippen LogP contribution in [0.25, 0.3) is 21.8 Å². The molecule has 5 heteroatoms. The fourth-order valence-corrected chi connectivity index (χ4v) is 2.67. The summed E-state index contributed by atoms with van der Waals surface area (Å²) in [5.74, 6) is 0. The van der Waals surface area contributed by atoms with Gasteiger partial charge in [0.2, 0.25) is 0 Å². The SMILES string of the molecule is Nc1cc(-c2csc(-c3cccnc3)n2)ccc1Cl. The number of nitrogens with zero attached hydrogens (tertiary/aromatic N) is 2. The van der Waals surface area contributed by atoms with Gasteiger partial charge in [0.05, 0.1) is 16.4 Å². The second kappa shape index (κ2) is 4.99. The van der Waals surface area contributed by atoms with Gasteiger partial charge in [-0.1, -0.05) is 17.7 Å². The second-order valence-corrected chi connectivity index (χ2v) is 5.28. The fraction of sp³-hybridized carbons (Fsp3) is 0. The molecule has 3 rings (SSSR count). The average molecular weight is 288 g/mol. The Bertz CT molecular complexity index is 710. The van der Waals surface area contributed by atoms with Gasteiger partial charge in [-0.2, -0.15) is 0 Å². The lowest BCUT2D eigenvalue weighted by molar-refractivity contribution is 1.31. The lowest BCUT2D eigenvalue weighted by Gasteiger charge is -2.01. The van der Waals surface area contributed by atoms with E-state index in [2.05, 4.69) is 9.97 Å². The van der Waals surface area contributed by atoms with E-state index in [4.69, 9.17) is 17.3 Å². The minimum absolute atomic E-state index is 0.562. The minimum Gasteiger partial charge on any atom is -0.398 e. The Morgan fingerprint density at radius 1 is 1.16 bits per heavy atom. The fourth-order valence-electron chi connectivity index (χ4n) is 1.73. The third kappa shape index (κ3) is 2.45. The van der Waals surface area contributed by atoms with E-state index in [1.165, 1.54) is 0 Å². The number of aromatic nitrogens is 2. The topological polar surface area (TPSA) is 51.8 Å². The smallest absolute Gasteiger partial charge is 0.125 e. The predicted molar refractivity (Wildman–Crippen MR) is 80.2 cm³/mol. The van der Waals surface area contributed by atoms with Crippen LogP contribution in [0.2, 0.25) is 5.02 Å². The van der Waals surface area contributed by atoms with Gasteiger partial charge in [-0.15, -0.1) is 11.3 Å². The van der Waals surface area contributed by atoms with Crippen LogP contribution >= 0.6 is 22.9 Å². The first-order valence-corrected chi connectivity index (χ1v) is 6.91. The monoisotopic (exact) mass is 287 g/mol. The molecule has 0 spiro atoms. The van der Waals surface area contributed by atoms with Gasteiger partial charge in [-0.25, -0.2) is 4.98 Å². The molecule has 0 saturated carbocycles. The maximum Gasteiger partial charge on any atom is 0.125 e. The van der Waals surface area contributed by atoms with Crippen molar-refractivity contribution in [2.24, 2.45) is 0 Å². The summed E-state index contributed by atoms with van der Waals surface area (Å²) in [4.78, 5) is 8.70. The van der Waals surface area contributed by atoms with Crippen LogP contribution in [0.15, 0.2) is 48.1 Å². The summed E-state index contributed by atoms with van der Waals surface area (Å²) in [7, 11) is 0. The molecule has 0 aliphatic heterocycles. The molecule has 0 unspecified atom stereocenters. The van der Waals surface area contributed by atoms with Crippen molar-refractivity contribution in [3.63, 3.8) is 0 Å². The van der Waals surface area contributed by atoms with Gasteiger partial charge < -0.3 is 5.73 Å². The van der Waals surface area contributed by atoms with Gasteiger partial charge in [-0.05, 0) is 24.3 Å².